The number of carbonyl (C=O) groups excluding carboxylic acids is 1. The van der Waals surface area contributed by atoms with E-state index in [0.29, 0.717) is 36.1 Å². The van der Waals surface area contributed by atoms with Gasteiger partial charge in [0.25, 0.3) is 0 Å². The summed E-state index contributed by atoms with van der Waals surface area (Å²) in [6.07, 6.45) is 2.10. The van der Waals surface area contributed by atoms with Crippen LogP contribution in [0.15, 0.2) is 12.7 Å². The Labute approximate surface area is 141 Å². The molecule has 0 bridgehead atoms. The highest BCUT2D eigenvalue weighted by Gasteiger charge is 2.33. The van der Waals surface area contributed by atoms with E-state index in [1.807, 2.05) is 20.8 Å². The van der Waals surface area contributed by atoms with Crippen LogP contribution in [0.5, 0.6) is 0 Å². The van der Waals surface area contributed by atoms with E-state index in [-0.39, 0.29) is 19.3 Å². The summed E-state index contributed by atoms with van der Waals surface area (Å²) in [7, 11) is 0.308. The van der Waals surface area contributed by atoms with Crippen LogP contribution in [0.2, 0.25) is 6.04 Å². The molecule has 23 heavy (non-hydrogen) atoms. The molecule has 2 radical (unpaired) electrons. The predicted octanol–water partition coefficient (Wildman–Crippen LogP) is 1.47. The van der Waals surface area contributed by atoms with E-state index in [9.17, 15) is 4.79 Å². The molecule has 0 aromatic carbocycles. The number of amides is 1. The summed E-state index contributed by atoms with van der Waals surface area (Å²) in [5, 5.41) is 2.71. The van der Waals surface area contributed by atoms with Crippen molar-refractivity contribution in [1.29, 1.82) is 0 Å². The van der Waals surface area contributed by atoms with Crippen LogP contribution in [0.1, 0.15) is 27.2 Å². The lowest BCUT2D eigenvalue weighted by Gasteiger charge is -2.31. The molecule has 0 aliphatic heterocycles. The minimum absolute atomic E-state index is 0.141. The minimum Gasteiger partial charge on any atom is -0.395 e. The maximum atomic E-state index is 10.9. The second-order valence-corrected chi connectivity index (χ2v) is 5.41. The molecule has 0 rings (SSSR count). The van der Waals surface area contributed by atoms with Crippen LogP contribution in [-0.4, -0.2) is 61.4 Å². The molecule has 1 amide bonds. The van der Waals surface area contributed by atoms with Gasteiger partial charge < -0.3 is 28.7 Å². The Morgan fingerprint density at radius 2 is 1.78 bits per heavy atom. The van der Waals surface area contributed by atoms with Crippen LogP contribution in [0.25, 0.3) is 0 Å². The van der Waals surface area contributed by atoms with Crippen molar-refractivity contribution >= 4 is 15.7 Å². The molecule has 1 N–H and O–H groups in total. The van der Waals surface area contributed by atoms with Crippen molar-refractivity contribution in [2.24, 2.45) is 0 Å². The van der Waals surface area contributed by atoms with Crippen molar-refractivity contribution < 1.29 is 28.2 Å². The molecule has 0 aromatic heterocycles. The van der Waals surface area contributed by atoms with Crippen molar-refractivity contribution in [3.8, 4) is 0 Å². The minimum atomic E-state index is -1.17. The molecule has 0 aliphatic carbocycles. The number of rotatable bonds is 16. The van der Waals surface area contributed by atoms with Crippen molar-refractivity contribution in [1.82, 2.24) is 5.32 Å². The van der Waals surface area contributed by atoms with Gasteiger partial charge >= 0.3 is 5.97 Å². The second kappa shape index (κ2) is 14.8. The second-order valence-electron chi connectivity index (χ2n) is 4.34. The molecule has 0 unspecified atom stereocenters. The average molecular weight is 347 g/mol. The number of carbonyl (C=O) groups is 1. The highest BCUT2D eigenvalue weighted by atomic mass is 28.2. The molecule has 8 heteroatoms. The van der Waals surface area contributed by atoms with Gasteiger partial charge in [-0.25, -0.2) is 0 Å². The Balaban J connectivity index is 3.76. The first-order chi connectivity index (χ1) is 11.1. The van der Waals surface area contributed by atoms with E-state index in [0.717, 1.165) is 12.5 Å². The summed E-state index contributed by atoms with van der Waals surface area (Å²) in [5.74, 6) is -1.32. The van der Waals surface area contributed by atoms with Gasteiger partial charge in [-0.3, -0.25) is 4.79 Å². The fraction of sp³-hybridized carbons (Fsp3) is 0.800. The Morgan fingerprint density at radius 3 is 2.30 bits per heavy atom. The summed E-state index contributed by atoms with van der Waals surface area (Å²) in [6.45, 7) is 11.3. The maximum Gasteiger partial charge on any atom is 0.307 e. The normalized spacial score (nSPS) is 11.4. The van der Waals surface area contributed by atoms with Crippen LogP contribution in [-0.2, 0) is 28.2 Å². The molecule has 0 aliphatic rings. The zero-order chi connectivity index (χ0) is 17.4. The molecule has 0 saturated heterocycles. The van der Waals surface area contributed by atoms with Gasteiger partial charge in [-0.2, -0.15) is 0 Å². The Morgan fingerprint density at radius 1 is 1.17 bits per heavy atom. The Kier molecular flexibility index (Phi) is 14.3. The van der Waals surface area contributed by atoms with Gasteiger partial charge in [0.1, 0.15) is 13.4 Å². The zero-order valence-corrected chi connectivity index (χ0v) is 15.4. The Hall–Kier alpha value is -0.773. The van der Waals surface area contributed by atoms with Crippen molar-refractivity contribution in [2.75, 3.05) is 39.8 Å². The summed E-state index contributed by atoms with van der Waals surface area (Å²) in [6, 6.07) is 0.855. The zero-order valence-electron chi connectivity index (χ0n) is 14.4. The fourth-order valence-electron chi connectivity index (χ4n) is 1.68. The van der Waals surface area contributed by atoms with Crippen LogP contribution in [0.4, 0.5) is 0 Å². The third kappa shape index (κ3) is 11.4. The van der Waals surface area contributed by atoms with Gasteiger partial charge in [0.15, 0.2) is 0 Å². The number of hydrogen-bond acceptors (Lipinski definition) is 6. The van der Waals surface area contributed by atoms with Crippen LogP contribution < -0.4 is 5.32 Å². The first-order valence-corrected chi connectivity index (χ1v) is 9.00. The van der Waals surface area contributed by atoms with E-state index in [1.54, 1.807) is 0 Å². The highest BCUT2D eigenvalue weighted by molar-refractivity contribution is 6.26. The lowest BCUT2D eigenvalue weighted by Crippen LogP contribution is -2.44. The molecular formula is C15H29NO6Si. The smallest absolute Gasteiger partial charge is 0.307 e. The van der Waals surface area contributed by atoms with Crippen LogP contribution in [0, 0.1) is 0 Å². The van der Waals surface area contributed by atoms with Gasteiger partial charge in [-0.15, -0.1) is 0 Å². The van der Waals surface area contributed by atoms with Crippen molar-refractivity contribution in [3.63, 3.8) is 0 Å². The van der Waals surface area contributed by atoms with E-state index >= 15 is 0 Å². The van der Waals surface area contributed by atoms with Gasteiger partial charge in [-0.1, -0.05) is 6.58 Å². The van der Waals surface area contributed by atoms with Gasteiger partial charge in [0.2, 0.25) is 15.7 Å². The number of hydrogen-bond donors (Lipinski definition) is 1. The standard InChI is InChI=1S/C15H29NO6Si/c1-5-14(17)16-10-9-11-23-22-13-18-12-15(19-6-2,20-7-3)21-8-4/h5H,1,6-13H2,2-4H3,(H,16,17). The first kappa shape index (κ1) is 22.2. The molecule has 0 fully saturated rings. The molecule has 134 valence electrons. The quantitative estimate of drug-likeness (QED) is 0.197. The van der Waals surface area contributed by atoms with Gasteiger partial charge in [0.05, 0.1) is 0 Å². The number of ether oxygens (including phenoxy) is 4. The highest BCUT2D eigenvalue weighted by Crippen LogP contribution is 2.16. The average Bonchev–Trinajstić information content (AvgIpc) is 2.53. The maximum absolute atomic E-state index is 10.9. The van der Waals surface area contributed by atoms with Gasteiger partial charge in [-0.05, 0) is 39.3 Å². The van der Waals surface area contributed by atoms with Crippen molar-refractivity contribution in [3.05, 3.63) is 12.7 Å². The van der Waals surface area contributed by atoms with E-state index in [4.69, 9.17) is 23.4 Å². The SMILES string of the molecule is C=CC(=O)NCCC[Si]OCOCC(OCC)(OCC)OCC. The third-order valence-electron chi connectivity index (χ3n) is 2.56. The summed E-state index contributed by atoms with van der Waals surface area (Å²) >= 11 is 0. The third-order valence-corrected chi connectivity index (χ3v) is 3.44. The first-order valence-electron chi connectivity index (χ1n) is 7.88. The predicted molar refractivity (Wildman–Crippen MR) is 87.9 cm³/mol. The van der Waals surface area contributed by atoms with Crippen molar-refractivity contribution in [2.45, 2.75) is 39.2 Å². The number of nitrogens with one attached hydrogen (secondary N) is 1. The molecule has 7 nitrogen and oxygen atoms in total. The monoisotopic (exact) mass is 347 g/mol. The molecule has 0 heterocycles. The summed E-state index contributed by atoms with van der Waals surface area (Å²) in [4.78, 5) is 10.9. The molecular weight excluding hydrogens is 318 g/mol. The summed E-state index contributed by atoms with van der Waals surface area (Å²) in [5.41, 5.74) is 0. The topological polar surface area (TPSA) is 75.3 Å². The molecule has 0 spiro atoms. The molecule has 0 aromatic rings. The van der Waals surface area contributed by atoms with E-state index in [1.165, 1.54) is 6.08 Å². The molecule has 0 atom stereocenters. The van der Waals surface area contributed by atoms with Crippen LogP contribution >= 0.6 is 0 Å². The van der Waals surface area contributed by atoms with Crippen LogP contribution in [0.3, 0.4) is 0 Å². The fourth-order valence-corrected chi connectivity index (χ4v) is 2.31. The largest absolute Gasteiger partial charge is 0.395 e. The van der Waals surface area contributed by atoms with E-state index in [2.05, 4.69) is 11.9 Å². The lowest BCUT2D eigenvalue weighted by molar-refractivity contribution is -0.393. The Bertz CT molecular complexity index is 299. The molecule has 0 saturated carbocycles. The van der Waals surface area contributed by atoms with E-state index < -0.39 is 5.97 Å². The lowest BCUT2D eigenvalue weighted by atomic mass is 10.4. The van der Waals surface area contributed by atoms with Gasteiger partial charge in [0, 0.05) is 26.4 Å². The summed E-state index contributed by atoms with van der Waals surface area (Å²) < 4.78 is 27.4.